The zero-order valence-electron chi connectivity index (χ0n) is 9.28. The third-order valence-electron chi connectivity index (χ3n) is 2.40. The van der Waals surface area contributed by atoms with Crippen LogP contribution in [0.2, 0.25) is 5.15 Å². The number of rotatable bonds is 3. The molecular weight excluding hydrogens is 232 g/mol. The maximum atomic E-state index is 9.40. The number of aliphatic hydroxyl groups is 1. The van der Waals surface area contributed by atoms with Gasteiger partial charge in [0.1, 0.15) is 5.03 Å². The summed E-state index contributed by atoms with van der Waals surface area (Å²) in [6.45, 7) is 7.61. The van der Waals surface area contributed by atoms with Crippen molar-refractivity contribution in [1.29, 1.82) is 0 Å². The molecule has 2 atom stereocenters. The van der Waals surface area contributed by atoms with Gasteiger partial charge in [0.05, 0.1) is 6.10 Å². The lowest BCUT2D eigenvalue weighted by Gasteiger charge is -2.15. The Balaban J connectivity index is 2.92. The molecule has 0 bridgehead atoms. The summed E-state index contributed by atoms with van der Waals surface area (Å²) < 4.78 is 0. The molecule has 0 saturated heterocycles. The van der Waals surface area contributed by atoms with Gasteiger partial charge in [-0.25, -0.2) is 0 Å². The molecule has 1 aromatic heterocycles. The molecule has 3 nitrogen and oxygen atoms in total. The second-order valence-corrected chi connectivity index (χ2v) is 5.33. The molecule has 0 aliphatic rings. The van der Waals surface area contributed by atoms with Crippen LogP contribution >= 0.6 is 23.4 Å². The lowest BCUT2D eigenvalue weighted by molar-refractivity contribution is 0.196. The van der Waals surface area contributed by atoms with Crippen LogP contribution in [0.4, 0.5) is 0 Å². The number of hydrogen-bond donors (Lipinski definition) is 1. The third kappa shape index (κ3) is 3.06. The minimum Gasteiger partial charge on any atom is -0.392 e. The van der Waals surface area contributed by atoms with Gasteiger partial charge in [-0.1, -0.05) is 30.3 Å². The van der Waals surface area contributed by atoms with Crippen LogP contribution in [0, 0.1) is 13.8 Å². The standard InChI is InChI=1S/C10H15ClN2OS/c1-5-6(2)10(13-12-9(5)11)15-8(4)7(3)14/h7-8,14H,1-4H3. The molecule has 1 heterocycles. The van der Waals surface area contributed by atoms with Crippen LogP contribution in [0.3, 0.4) is 0 Å². The van der Waals surface area contributed by atoms with Gasteiger partial charge in [0.2, 0.25) is 0 Å². The van der Waals surface area contributed by atoms with E-state index in [0.717, 1.165) is 16.2 Å². The minimum absolute atomic E-state index is 0.0959. The Morgan fingerprint density at radius 1 is 1.20 bits per heavy atom. The molecule has 1 aromatic rings. The molecule has 0 saturated carbocycles. The Morgan fingerprint density at radius 2 is 1.80 bits per heavy atom. The number of nitrogens with zero attached hydrogens (tertiary/aromatic N) is 2. The van der Waals surface area contributed by atoms with Crippen molar-refractivity contribution in [1.82, 2.24) is 10.2 Å². The third-order valence-corrected chi connectivity index (χ3v) is 4.13. The first kappa shape index (κ1) is 12.7. The van der Waals surface area contributed by atoms with E-state index in [2.05, 4.69) is 10.2 Å². The van der Waals surface area contributed by atoms with Crippen LogP contribution in [0.25, 0.3) is 0 Å². The Kier molecular flexibility index (Phi) is 4.37. The van der Waals surface area contributed by atoms with Gasteiger partial charge in [0, 0.05) is 5.25 Å². The number of halogens is 1. The number of hydrogen-bond acceptors (Lipinski definition) is 4. The lowest BCUT2D eigenvalue weighted by Crippen LogP contribution is -2.15. The molecule has 0 aliphatic heterocycles. The fraction of sp³-hybridized carbons (Fsp3) is 0.600. The largest absolute Gasteiger partial charge is 0.392 e. The number of aromatic nitrogens is 2. The van der Waals surface area contributed by atoms with E-state index in [9.17, 15) is 5.11 Å². The molecule has 0 spiro atoms. The Bertz CT molecular complexity index is 358. The maximum Gasteiger partial charge on any atom is 0.154 e. The molecular formula is C10H15ClN2OS. The first-order valence-corrected chi connectivity index (χ1v) is 6.03. The normalized spacial score (nSPS) is 15.1. The monoisotopic (exact) mass is 246 g/mol. The highest BCUT2D eigenvalue weighted by atomic mass is 35.5. The van der Waals surface area contributed by atoms with Crippen molar-refractivity contribution in [2.75, 3.05) is 0 Å². The Morgan fingerprint density at radius 3 is 2.33 bits per heavy atom. The maximum absolute atomic E-state index is 9.40. The fourth-order valence-corrected chi connectivity index (χ4v) is 2.09. The van der Waals surface area contributed by atoms with E-state index < -0.39 is 0 Å². The Hall–Kier alpha value is -0.320. The SMILES string of the molecule is Cc1c(Cl)nnc(SC(C)C(C)O)c1C. The Labute approximate surface area is 99.2 Å². The summed E-state index contributed by atoms with van der Waals surface area (Å²) in [5.41, 5.74) is 1.99. The molecule has 1 rings (SSSR count). The van der Waals surface area contributed by atoms with Gasteiger partial charge in [-0.3, -0.25) is 0 Å². The van der Waals surface area contributed by atoms with E-state index in [1.807, 2.05) is 20.8 Å². The van der Waals surface area contributed by atoms with Crippen LogP contribution in [0.1, 0.15) is 25.0 Å². The summed E-state index contributed by atoms with van der Waals surface area (Å²) in [7, 11) is 0. The zero-order chi connectivity index (χ0) is 11.6. The molecule has 0 aliphatic carbocycles. The van der Waals surface area contributed by atoms with Crippen molar-refractivity contribution < 1.29 is 5.11 Å². The summed E-state index contributed by atoms with van der Waals surface area (Å²) >= 11 is 7.37. The lowest BCUT2D eigenvalue weighted by atomic mass is 10.2. The van der Waals surface area contributed by atoms with E-state index in [1.54, 1.807) is 6.92 Å². The summed E-state index contributed by atoms with van der Waals surface area (Å²) in [6.07, 6.45) is -0.368. The average Bonchev–Trinajstić information content (AvgIpc) is 2.18. The number of aliphatic hydroxyl groups excluding tert-OH is 1. The second kappa shape index (κ2) is 5.14. The van der Waals surface area contributed by atoms with Crippen molar-refractivity contribution in [3.8, 4) is 0 Å². The highest BCUT2D eigenvalue weighted by Gasteiger charge is 2.15. The molecule has 5 heteroatoms. The summed E-state index contributed by atoms with van der Waals surface area (Å²) in [6, 6.07) is 0. The molecule has 1 N–H and O–H groups in total. The molecule has 2 unspecified atom stereocenters. The molecule has 15 heavy (non-hydrogen) atoms. The fourth-order valence-electron chi connectivity index (χ4n) is 0.941. The summed E-state index contributed by atoms with van der Waals surface area (Å²) in [5.74, 6) is 0. The van der Waals surface area contributed by atoms with Crippen molar-refractivity contribution in [3.05, 3.63) is 16.3 Å². The van der Waals surface area contributed by atoms with Gasteiger partial charge in [-0.15, -0.1) is 10.2 Å². The van der Waals surface area contributed by atoms with Crippen molar-refractivity contribution in [2.45, 2.75) is 44.1 Å². The first-order chi connectivity index (χ1) is 6.93. The zero-order valence-corrected chi connectivity index (χ0v) is 10.9. The highest BCUT2D eigenvalue weighted by Crippen LogP contribution is 2.29. The quantitative estimate of drug-likeness (QED) is 0.833. The topological polar surface area (TPSA) is 46.0 Å². The second-order valence-electron chi connectivity index (χ2n) is 3.61. The van der Waals surface area contributed by atoms with E-state index >= 15 is 0 Å². The molecule has 0 radical (unpaired) electrons. The van der Waals surface area contributed by atoms with Gasteiger partial charge in [0.25, 0.3) is 0 Å². The predicted molar refractivity (Wildman–Crippen MR) is 63.5 cm³/mol. The smallest absolute Gasteiger partial charge is 0.154 e. The van der Waals surface area contributed by atoms with Crippen LogP contribution in [-0.2, 0) is 0 Å². The molecule has 84 valence electrons. The van der Waals surface area contributed by atoms with E-state index in [0.29, 0.717) is 5.15 Å². The van der Waals surface area contributed by atoms with E-state index in [-0.39, 0.29) is 11.4 Å². The minimum atomic E-state index is -0.368. The van der Waals surface area contributed by atoms with Crippen molar-refractivity contribution in [2.24, 2.45) is 0 Å². The van der Waals surface area contributed by atoms with Crippen molar-refractivity contribution >= 4 is 23.4 Å². The van der Waals surface area contributed by atoms with Gasteiger partial charge in [-0.05, 0) is 31.9 Å². The molecule has 0 aromatic carbocycles. The van der Waals surface area contributed by atoms with E-state index in [4.69, 9.17) is 11.6 Å². The van der Waals surface area contributed by atoms with E-state index in [1.165, 1.54) is 11.8 Å². The van der Waals surface area contributed by atoms with Crippen molar-refractivity contribution in [3.63, 3.8) is 0 Å². The first-order valence-electron chi connectivity index (χ1n) is 4.77. The molecule has 0 amide bonds. The predicted octanol–water partition coefficient (Wildman–Crippen LogP) is 2.61. The van der Waals surface area contributed by atoms with Crippen LogP contribution < -0.4 is 0 Å². The van der Waals surface area contributed by atoms with Gasteiger partial charge in [0.15, 0.2) is 5.15 Å². The average molecular weight is 247 g/mol. The van der Waals surface area contributed by atoms with Gasteiger partial charge in [-0.2, -0.15) is 0 Å². The highest BCUT2D eigenvalue weighted by molar-refractivity contribution is 7.99. The molecule has 0 fully saturated rings. The van der Waals surface area contributed by atoms with Gasteiger partial charge < -0.3 is 5.11 Å². The van der Waals surface area contributed by atoms with Gasteiger partial charge >= 0.3 is 0 Å². The van der Waals surface area contributed by atoms with Crippen LogP contribution in [0.15, 0.2) is 5.03 Å². The summed E-state index contributed by atoms with van der Waals surface area (Å²) in [5, 5.41) is 18.7. The van der Waals surface area contributed by atoms with Crippen LogP contribution in [0.5, 0.6) is 0 Å². The number of thioether (sulfide) groups is 1. The summed E-state index contributed by atoms with van der Waals surface area (Å²) in [4.78, 5) is 0. The van der Waals surface area contributed by atoms with Crippen LogP contribution in [-0.4, -0.2) is 26.7 Å².